The van der Waals surface area contributed by atoms with E-state index < -0.39 is 0 Å². The van der Waals surface area contributed by atoms with Gasteiger partial charge in [-0.3, -0.25) is 0 Å². The Hall–Kier alpha value is -0.790. The molecule has 0 aromatic rings. The predicted molar refractivity (Wildman–Crippen MR) is 124 cm³/mol. The lowest BCUT2D eigenvalue weighted by atomic mass is 9.97. The molecule has 0 aliphatic rings. The first-order valence-electron chi connectivity index (χ1n) is 12.4. The Balaban J connectivity index is 3.12. The molecule has 166 valence electrons. The fourth-order valence-electron chi connectivity index (χ4n) is 3.70. The molecule has 0 saturated heterocycles. The van der Waals surface area contributed by atoms with Gasteiger partial charge in [0, 0.05) is 5.57 Å². The number of ether oxygens (including phenoxy) is 1. The van der Waals surface area contributed by atoms with Crippen molar-refractivity contribution in [3.8, 4) is 0 Å². The Bertz CT molecular complexity index is 361. The summed E-state index contributed by atoms with van der Waals surface area (Å²) in [6.45, 7) is 10.5. The lowest BCUT2D eigenvalue weighted by Gasteiger charge is -2.10. The number of esters is 1. The Labute approximate surface area is 176 Å². The second-order valence-corrected chi connectivity index (χ2v) is 8.90. The van der Waals surface area contributed by atoms with Gasteiger partial charge in [0.1, 0.15) is 0 Å². The van der Waals surface area contributed by atoms with Crippen LogP contribution in [0.25, 0.3) is 0 Å². The van der Waals surface area contributed by atoms with Crippen LogP contribution >= 0.6 is 0 Å². The molecule has 1 atom stereocenters. The van der Waals surface area contributed by atoms with E-state index in [0.29, 0.717) is 12.2 Å². The first-order valence-corrected chi connectivity index (χ1v) is 12.4. The fourth-order valence-corrected chi connectivity index (χ4v) is 3.70. The molecule has 0 spiro atoms. The maximum Gasteiger partial charge on any atom is 0.333 e. The van der Waals surface area contributed by atoms with Crippen molar-refractivity contribution < 1.29 is 9.53 Å². The summed E-state index contributed by atoms with van der Waals surface area (Å²) in [4.78, 5) is 11.2. The summed E-state index contributed by atoms with van der Waals surface area (Å²) in [5, 5.41) is 0. The third-order valence-electron chi connectivity index (χ3n) is 5.72. The van der Waals surface area contributed by atoms with E-state index >= 15 is 0 Å². The molecule has 0 amide bonds. The normalized spacial score (nSPS) is 12.1. The van der Waals surface area contributed by atoms with Crippen LogP contribution in [0, 0.1) is 5.92 Å². The van der Waals surface area contributed by atoms with Gasteiger partial charge >= 0.3 is 5.97 Å². The molecule has 2 heteroatoms. The van der Waals surface area contributed by atoms with Crippen LogP contribution in [0.1, 0.15) is 136 Å². The van der Waals surface area contributed by atoms with Crippen molar-refractivity contribution in [2.24, 2.45) is 5.92 Å². The van der Waals surface area contributed by atoms with E-state index in [1.807, 2.05) is 0 Å². The van der Waals surface area contributed by atoms with Crippen LogP contribution in [0.4, 0.5) is 0 Å². The van der Waals surface area contributed by atoms with Gasteiger partial charge in [-0.2, -0.15) is 0 Å². The Morgan fingerprint density at radius 1 is 0.714 bits per heavy atom. The monoisotopic (exact) mass is 394 g/mol. The molecular weight excluding hydrogens is 344 g/mol. The first kappa shape index (κ1) is 27.2. The summed E-state index contributed by atoms with van der Waals surface area (Å²) >= 11 is 0. The van der Waals surface area contributed by atoms with E-state index in [2.05, 4.69) is 20.4 Å². The molecular formula is C26H50O2. The zero-order valence-corrected chi connectivity index (χ0v) is 19.5. The van der Waals surface area contributed by atoms with Gasteiger partial charge in [0.25, 0.3) is 0 Å². The van der Waals surface area contributed by atoms with Crippen molar-refractivity contribution >= 4 is 5.97 Å². The van der Waals surface area contributed by atoms with E-state index in [-0.39, 0.29) is 5.97 Å². The fraction of sp³-hybridized carbons (Fsp3) is 0.885. The maximum atomic E-state index is 11.2. The van der Waals surface area contributed by atoms with Crippen LogP contribution in [0.5, 0.6) is 0 Å². The van der Waals surface area contributed by atoms with Gasteiger partial charge in [-0.25, -0.2) is 4.79 Å². The molecule has 0 heterocycles. The molecule has 0 bridgehead atoms. The van der Waals surface area contributed by atoms with Crippen LogP contribution in [0.15, 0.2) is 12.2 Å². The predicted octanol–water partition coefficient (Wildman–Crippen LogP) is 8.78. The van der Waals surface area contributed by atoms with E-state index in [1.165, 1.54) is 109 Å². The highest BCUT2D eigenvalue weighted by molar-refractivity contribution is 5.86. The summed E-state index contributed by atoms with van der Waals surface area (Å²) in [7, 11) is 0. The minimum Gasteiger partial charge on any atom is -0.462 e. The van der Waals surface area contributed by atoms with Gasteiger partial charge in [0.15, 0.2) is 0 Å². The van der Waals surface area contributed by atoms with Gasteiger partial charge in [0.05, 0.1) is 6.61 Å². The summed E-state index contributed by atoms with van der Waals surface area (Å²) in [6, 6.07) is 0. The molecule has 2 nitrogen and oxygen atoms in total. The molecule has 0 rings (SSSR count). The van der Waals surface area contributed by atoms with E-state index in [0.717, 1.165) is 12.3 Å². The topological polar surface area (TPSA) is 26.3 Å². The molecule has 0 aliphatic carbocycles. The van der Waals surface area contributed by atoms with Crippen LogP contribution in [-0.4, -0.2) is 12.6 Å². The SMILES string of the molecule is C=C(C)C(=O)OCCCCCCCCCCCCCCCCC(C)CCCC. The van der Waals surface area contributed by atoms with Crippen LogP contribution < -0.4 is 0 Å². The summed E-state index contributed by atoms with van der Waals surface area (Å²) < 4.78 is 5.10. The molecule has 1 unspecified atom stereocenters. The minimum atomic E-state index is -0.253. The number of carbonyl (C=O) groups is 1. The second kappa shape index (κ2) is 20.9. The lowest BCUT2D eigenvalue weighted by Crippen LogP contribution is -2.05. The highest BCUT2D eigenvalue weighted by atomic mass is 16.5. The first-order chi connectivity index (χ1) is 13.6. The zero-order chi connectivity index (χ0) is 20.9. The second-order valence-electron chi connectivity index (χ2n) is 8.90. The van der Waals surface area contributed by atoms with Gasteiger partial charge in [-0.15, -0.1) is 0 Å². The van der Waals surface area contributed by atoms with Crippen LogP contribution in [0.3, 0.4) is 0 Å². The number of unbranched alkanes of at least 4 members (excludes halogenated alkanes) is 14. The van der Waals surface area contributed by atoms with E-state index in [4.69, 9.17) is 4.74 Å². The van der Waals surface area contributed by atoms with Crippen LogP contribution in [0.2, 0.25) is 0 Å². The third kappa shape index (κ3) is 20.0. The summed E-state index contributed by atoms with van der Waals surface area (Å²) in [5.41, 5.74) is 0.493. The highest BCUT2D eigenvalue weighted by Crippen LogP contribution is 2.17. The van der Waals surface area contributed by atoms with Crippen LogP contribution in [-0.2, 0) is 9.53 Å². The van der Waals surface area contributed by atoms with Gasteiger partial charge in [-0.1, -0.05) is 130 Å². The third-order valence-corrected chi connectivity index (χ3v) is 5.72. The van der Waals surface area contributed by atoms with Gasteiger partial charge in [0.2, 0.25) is 0 Å². The zero-order valence-electron chi connectivity index (χ0n) is 19.5. The van der Waals surface area contributed by atoms with Crippen molar-refractivity contribution in [3.05, 3.63) is 12.2 Å². The average Bonchev–Trinajstić information content (AvgIpc) is 2.68. The number of carbonyl (C=O) groups excluding carboxylic acids is 1. The van der Waals surface area contributed by atoms with Crippen molar-refractivity contribution in [3.63, 3.8) is 0 Å². The highest BCUT2D eigenvalue weighted by Gasteiger charge is 2.02. The minimum absolute atomic E-state index is 0.253. The average molecular weight is 395 g/mol. The van der Waals surface area contributed by atoms with Crippen molar-refractivity contribution in [2.45, 2.75) is 136 Å². The number of rotatable bonds is 21. The Morgan fingerprint density at radius 2 is 1.11 bits per heavy atom. The van der Waals surface area contributed by atoms with Crippen molar-refractivity contribution in [1.82, 2.24) is 0 Å². The van der Waals surface area contributed by atoms with E-state index in [9.17, 15) is 4.79 Å². The summed E-state index contributed by atoms with van der Waals surface area (Å²) in [5.74, 6) is 0.691. The Kier molecular flexibility index (Phi) is 20.3. The molecule has 0 aromatic heterocycles. The molecule has 0 N–H and O–H groups in total. The summed E-state index contributed by atoms with van der Waals surface area (Å²) in [6.07, 6.45) is 24.6. The molecule has 0 saturated carbocycles. The standard InChI is InChI=1S/C26H50O2/c1-5-6-21-25(4)22-19-17-15-13-11-9-7-8-10-12-14-16-18-20-23-28-26(27)24(2)3/h25H,2,5-23H2,1,3-4H3. The molecule has 0 aromatic carbocycles. The van der Waals surface area contributed by atoms with Crippen molar-refractivity contribution in [2.75, 3.05) is 6.61 Å². The van der Waals surface area contributed by atoms with Gasteiger partial charge in [-0.05, 0) is 19.3 Å². The number of hydrogen-bond acceptors (Lipinski definition) is 2. The largest absolute Gasteiger partial charge is 0.462 e. The molecule has 0 fully saturated rings. The molecule has 0 radical (unpaired) electrons. The lowest BCUT2D eigenvalue weighted by molar-refractivity contribution is -0.139. The molecule has 0 aliphatic heterocycles. The van der Waals surface area contributed by atoms with Gasteiger partial charge < -0.3 is 4.74 Å². The Morgan fingerprint density at radius 3 is 1.54 bits per heavy atom. The maximum absolute atomic E-state index is 11.2. The molecule has 28 heavy (non-hydrogen) atoms. The smallest absolute Gasteiger partial charge is 0.333 e. The number of hydrogen-bond donors (Lipinski definition) is 0. The van der Waals surface area contributed by atoms with Crippen molar-refractivity contribution in [1.29, 1.82) is 0 Å². The van der Waals surface area contributed by atoms with E-state index in [1.54, 1.807) is 6.92 Å². The quantitative estimate of drug-likeness (QED) is 0.110.